The van der Waals surface area contributed by atoms with Crippen molar-refractivity contribution in [3.05, 3.63) is 70.7 Å². The Balaban J connectivity index is 2.39. The largest absolute Gasteiger partial charge is 0.256 e. The molecule has 0 spiro atoms. The molecule has 3 aromatic rings. The van der Waals surface area contributed by atoms with Gasteiger partial charge in [0, 0.05) is 27.8 Å². The highest BCUT2D eigenvalue weighted by Crippen LogP contribution is 2.40. The van der Waals surface area contributed by atoms with Gasteiger partial charge in [0.2, 0.25) is 0 Å². The van der Waals surface area contributed by atoms with E-state index in [4.69, 9.17) is 0 Å². The molecule has 120 valence electrons. The number of halogens is 2. The Morgan fingerprint density at radius 2 is 1.88 bits per heavy atom. The van der Waals surface area contributed by atoms with Gasteiger partial charge in [-0.3, -0.25) is 4.98 Å². The summed E-state index contributed by atoms with van der Waals surface area (Å²) in [6, 6.07) is 12.1. The van der Waals surface area contributed by atoms with Gasteiger partial charge in [-0.2, -0.15) is 0 Å². The van der Waals surface area contributed by atoms with E-state index in [0.717, 1.165) is 5.56 Å². The van der Waals surface area contributed by atoms with Crippen LogP contribution >= 0.6 is 28.6 Å². The van der Waals surface area contributed by atoms with Gasteiger partial charge >= 0.3 is 0 Å². The average molecular weight is 402 g/mol. The van der Waals surface area contributed by atoms with Crippen LogP contribution in [0.1, 0.15) is 12.5 Å². The van der Waals surface area contributed by atoms with Gasteiger partial charge in [-0.1, -0.05) is 24.3 Å². The number of hydrogen-bond donors (Lipinski definition) is 1. The normalized spacial score (nSPS) is 11.6. The molecule has 0 aliphatic carbocycles. The molecule has 0 bridgehead atoms. The third-order valence-electron chi connectivity index (χ3n) is 3.51. The molecular formula is C18H13BrFN3S. The van der Waals surface area contributed by atoms with E-state index in [-0.39, 0.29) is 5.82 Å². The molecule has 0 saturated carbocycles. The highest BCUT2D eigenvalue weighted by atomic mass is 79.9. The summed E-state index contributed by atoms with van der Waals surface area (Å²) in [5, 5.41) is 8.36. The Labute approximate surface area is 153 Å². The predicted octanol–water partition coefficient (Wildman–Crippen LogP) is 5.40. The van der Waals surface area contributed by atoms with Crippen molar-refractivity contribution in [1.29, 1.82) is 0 Å². The summed E-state index contributed by atoms with van der Waals surface area (Å²) in [6.07, 6.45) is 3.53. The van der Waals surface area contributed by atoms with Gasteiger partial charge in [-0.25, -0.2) is 4.39 Å². The zero-order valence-corrected chi connectivity index (χ0v) is 15.2. The molecule has 3 nitrogen and oxygen atoms in total. The molecule has 0 fully saturated rings. The molecule has 24 heavy (non-hydrogen) atoms. The Bertz CT molecular complexity index is 913. The Morgan fingerprint density at radius 3 is 2.54 bits per heavy atom. The second-order valence-corrected chi connectivity index (χ2v) is 6.19. The van der Waals surface area contributed by atoms with Crippen molar-refractivity contribution >= 4 is 33.5 Å². The first-order chi connectivity index (χ1) is 11.6. The highest BCUT2D eigenvalue weighted by molar-refractivity contribution is 9.10. The monoisotopic (exact) mass is 401 g/mol. The van der Waals surface area contributed by atoms with Gasteiger partial charge < -0.3 is 0 Å². The van der Waals surface area contributed by atoms with E-state index in [9.17, 15) is 4.39 Å². The number of benzene rings is 1. The van der Waals surface area contributed by atoms with Gasteiger partial charge in [-0.15, -0.1) is 22.8 Å². The molecule has 0 unspecified atom stereocenters. The van der Waals surface area contributed by atoms with Crippen LogP contribution in [0.25, 0.3) is 27.4 Å². The summed E-state index contributed by atoms with van der Waals surface area (Å²) in [7, 11) is 0. The fourth-order valence-electron chi connectivity index (χ4n) is 2.40. The summed E-state index contributed by atoms with van der Waals surface area (Å²) in [6.45, 7) is 1.87. The van der Waals surface area contributed by atoms with Crippen LogP contribution in [0.2, 0.25) is 0 Å². The molecule has 6 heteroatoms. The van der Waals surface area contributed by atoms with Crippen LogP contribution in [0.3, 0.4) is 0 Å². The summed E-state index contributed by atoms with van der Waals surface area (Å²) >= 11 is 8.00. The summed E-state index contributed by atoms with van der Waals surface area (Å²) in [4.78, 5) is 5.06. The number of aromatic nitrogens is 3. The Kier molecular flexibility index (Phi) is 5.06. The SMILES string of the molecule is C/C=C(\S)c1c(-c2ccccc2F)nnc(Br)c1-c1ccccn1. The summed E-state index contributed by atoms with van der Waals surface area (Å²) < 4.78 is 14.8. The van der Waals surface area contributed by atoms with E-state index in [1.807, 2.05) is 31.2 Å². The van der Waals surface area contributed by atoms with Crippen molar-refractivity contribution in [3.63, 3.8) is 0 Å². The fraction of sp³-hybridized carbons (Fsp3) is 0.0556. The first-order valence-corrected chi connectivity index (χ1v) is 8.45. The van der Waals surface area contributed by atoms with Crippen LogP contribution in [0.15, 0.2) is 59.3 Å². The van der Waals surface area contributed by atoms with Crippen molar-refractivity contribution in [2.75, 3.05) is 0 Å². The minimum absolute atomic E-state index is 0.362. The smallest absolute Gasteiger partial charge is 0.138 e. The number of thiol groups is 1. The van der Waals surface area contributed by atoms with Crippen LogP contribution in [-0.4, -0.2) is 15.2 Å². The minimum atomic E-state index is -0.362. The fourth-order valence-corrected chi connectivity index (χ4v) is 3.09. The predicted molar refractivity (Wildman–Crippen MR) is 101 cm³/mol. The third-order valence-corrected chi connectivity index (χ3v) is 4.55. The molecule has 0 aliphatic rings. The zero-order valence-electron chi connectivity index (χ0n) is 12.7. The highest BCUT2D eigenvalue weighted by Gasteiger charge is 2.21. The number of allylic oxidation sites excluding steroid dienone is 1. The van der Waals surface area contributed by atoms with Crippen LogP contribution in [0.4, 0.5) is 4.39 Å². The summed E-state index contributed by atoms with van der Waals surface area (Å²) in [5.74, 6) is -0.362. The van der Waals surface area contributed by atoms with Gasteiger partial charge in [0.05, 0.1) is 5.69 Å². The molecule has 0 N–H and O–H groups in total. The van der Waals surface area contributed by atoms with Crippen LogP contribution in [-0.2, 0) is 0 Å². The maximum absolute atomic E-state index is 14.3. The quantitative estimate of drug-likeness (QED) is 0.597. The van der Waals surface area contributed by atoms with Crippen molar-refractivity contribution in [3.8, 4) is 22.5 Å². The van der Waals surface area contributed by atoms with E-state index in [1.54, 1.807) is 24.4 Å². The van der Waals surface area contributed by atoms with Crippen molar-refractivity contribution in [2.45, 2.75) is 6.92 Å². The van der Waals surface area contributed by atoms with Crippen molar-refractivity contribution in [1.82, 2.24) is 15.2 Å². The lowest BCUT2D eigenvalue weighted by Gasteiger charge is -2.15. The van der Waals surface area contributed by atoms with E-state index < -0.39 is 0 Å². The molecule has 0 aliphatic heterocycles. The van der Waals surface area contributed by atoms with E-state index >= 15 is 0 Å². The van der Waals surface area contributed by atoms with E-state index in [1.165, 1.54) is 6.07 Å². The molecule has 2 heterocycles. The number of hydrogen-bond acceptors (Lipinski definition) is 4. The minimum Gasteiger partial charge on any atom is -0.256 e. The van der Waals surface area contributed by atoms with E-state index in [2.05, 4.69) is 43.7 Å². The van der Waals surface area contributed by atoms with Crippen molar-refractivity contribution < 1.29 is 4.39 Å². The van der Waals surface area contributed by atoms with E-state index in [0.29, 0.717) is 32.0 Å². The molecule has 0 radical (unpaired) electrons. The van der Waals surface area contributed by atoms with Gasteiger partial charge in [0.25, 0.3) is 0 Å². The molecule has 0 amide bonds. The molecule has 0 atom stereocenters. The third kappa shape index (κ3) is 3.12. The molecule has 3 rings (SSSR count). The maximum atomic E-state index is 14.3. The molecular weight excluding hydrogens is 389 g/mol. The lowest BCUT2D eigenvalue weighted by molar-refractivity contribution is 0.630. The number of pyridine rings is 1. The maximum Gasteiger partial charge on any atom is 0.138 e. The van der Waals surface area contributed by atoms with Crippen molar-refractivity contribution in [2.24, 2.45) is 0 Å². The van der Waals surface area contributed by atoms with Gasteiger partial charge in [0.1, 0.15) is 16.1 Å². The second kappa shape index (κ2) is 7.23. The number of rotatable bonds is 3. The molecule has 1 aromatic carbocycles. The van der Waals surface area contributed by atoms with Crippen LogP contribution < -0.4 is 0 Å². The lowest BCUT2D eigenvalue weighted by atomic mass is 9.99. The zero-order chi connectivity index (χ0) is 17.1. The topological polar surface area (TPSA) is 38.7 Å². The Hall–Kier alpha value is -2.05. The van der Waals surface area contributed by atoms with Gasteiger partial charge in [0.15, 0.2) is 0 Å². The first kappa shape index (κ1) is 16.8. The second-order valence-electron chi connectivity index (χ2n) is 4.96. The van der Waals surface area contributed by atoms with Gasteiger partial charge in [-0.05, 0) is 47.1 Å². The lowest BCUT2D eigenvalue weighted by Crippen LogP contribution is -2.01. The van der Waals surface area contributed by atoms with Crippen LogP contribution in [0, 0.1) is 5.82 Å². The average Bonchev–Trinajstić information content (AvgIpc) is 2.62. The molecule has 2 aromatic heterocycles. The Morgan fingerprint density at radius 1 is 1.12 bits per heavy atom. The van der Waals surface area contributed by atoms with Crippen LogP contribution in [0.5, 0.6) is 0 Å². The number of nitrogens with zero attached hydrogens (tertiary/aromatic N) is 3. The standard InChI is InChI=1S/C18H13BrFN3S/c1-2-14(24)16-15(13-9-5-6-10-21-13)18(19)23-22-17(16)11-7-3-4-8-12(11)20/h2-10,24H,1H3/b14-2-. The molecule has 0 saturated heterocycles. The summed E-state index contributed by atoms with van der Waals surface area (Å²) in [5.41, 5.74) is 2.93. The first-order valence-electron chi connectivity index (χ1n) is 7.21.